The molecule has 2 aliphatic rings. The van der Waals surface area contributed by atoms with E-state index in [1.54, 1.807) is 11.3 Å². The summed E-state index contributed by atoms with van der Waals surface area (Å²) in [5.41, 5.74) is 1.04. The molecule has 4 heteroatoms. The number of aromatic nitrogens is 1. The molecule has 1 unspecified atom stereocenters. The van der Waals surface area contributed by atoms with Gasteiger partial charge in [0.15, 0.2) is 5.78 Å². The predicted molar refractivity (Wildman–Crippen MR) is 62.1 cm³/mol. The van der Waals surface area contributed by atoms with Gasteiger partial charge >= 0.3 is 0 Å². The maximum atomic E-state index is 11.7. The number of carbonyl (C=O) groups excluding carboxylic acids is 1. The number of ketones is 1. The molecular formula is C12H15NO2S. The van der Waals surface area contributed by atoms with Gasteiger partial charge in [-0.3, -0.25) is 4.79 Å². The van der Waals surface area contributed by atoms with E-state index >= 15 is 0 Å². The van der Waals surface area contributed by atoms with Crippen LogP contribution in [-0.4, -0.2) is 23.5 Å². The summed E-state index contributed by atoms with van der Waals surface area (Å²) in [7, 11) is 0. The van der Waals surface area contributed by atoms with E-state index in [0.717, 1.165) is 54.3 Å². The molecule has 86 valence electrons. The van der Waals surface area contributed by atoms with Crippen molar-refractivity contribution in [3.05, 3.63) is 15.6 Å². The third-order valence-corrected chi connectivity index (χ3v) is 4.40. The van der Waals surface area contributed by atoms with E-state index in [0.29, 0.717) is 12.5 Å². The maximum absolute atomic E-state index is 11.7. The van der Waals surface area contributed by atoms with Crippen LogP contribution in [0.1, 0.15) is 46.1 Å². The molecule has 0 aromatic carbocycles. The molecule has 1 aromatic rings. The Labute approximate surface area is 98.8 Å². The van der Waals surface area contributed by atoms with Crippen molar-refractivity contribution in [3.63, 3.8) is 0 Å². The fourth-order valence-corrected chi connectivity index (χ4v) is 3.55. The summed E-state index contributed by atoms with van der Waals surface area (Å²) in [5, 5.41) is 1.09. The zero-order valence-electron chi connectivity index (χ0n) is 9.20. The number of hydrogen-bond donors (Lipinski definition) is 0. The second kappa shape index (κ2) is 4.26. The lowest BCUT2D eigenvalue weighted by atomic mass is 10.0. The molecule has 0 saturated carbocycles. The summed E-state index contributed by atoms with van der Waals surface area (Å²) in [6.45, 7) is 0.884. The van der Waals surface area contributed by atoms with Crippen LogP contribution in [0.2, 0.25) is 0 Å². The first kappa shape index (κ1) is 10.4. The van der Waals surface area contributed by atoms with E-state index in [4.69, 9.17) is 4.74 Å². The Bertz CT molecular complexity index is 407. The molecule has 2 heterocycles. The number of nitrogens with zero attached hydrogens (tertiary/aromatic N) is 1. The van der Waals surface area contributed by atoms with Gasteiger partial charge in [0.05, 0.1) is 21.7 Å². The van der Waals surface area contributed by atoms with Crippen molar-refractivity contribution in [2.75, 3.05) is 6.61 Å². The lowest BCUT2D eigenvalue weighted by molar-refractivity contribution is 0.0976. The molecule has 1 atom stereocenters. The van der Waals surface area contributed by atoms with Gasteiger partial charge < -0.3 is 4.74 Å². The van der Waals surface area contributed by atoms with Gasteiger partial charge in [-0.2, -0.15) is 0 Å². The normalized spacial score (nSPS) is 24.8. The Morgan fingerprint density at radius 1 is 1.38 bits per heavy atom. The van der Waals surface area contributed by atoms with Gasteiger partial charge in [-0.15, -0.1) is 11.3 Å². The van der Waals surface area contributed by atoms with Gasteiger partial charge in [-0.1, -0.05) is 0 Å². The highest BCUT2D eigenvalue weighted by Gasteiger charge is 2.24. The molecule has 16 heavy (non-hydrogen) atoms. The number of ether oxygens (including phenoxy) is 1. The van der Waals surface area contributed by atoms with Crippen molar-refractivity contribution < 1.29 is 9.53 Å². The summed E-state index contributed by atoms with van der Waals surface area (Å²) in [4.78, 5) is 17.2. The van der Waals surface area contributed by atoms with Crippen LogP contribution in [0.25, 0.3) is 0 Å². The van der Waals surface area contributed by atoms with Crippen molar-refractivity contribution in [2.24, 2.45) is 0 Å². The van der Waals surface area contributed by atoms with Crippen LogP contribution in [0.3, 0.4) is 0 Å². The van der Waals surface area contributed by atoms with E-state index < -0.39 is 0 Å². The Morgan fingerprint density at radius 3 is 3.06 bits per heavy atom. The Kier molecular flexibility index (Phi) is 2.77. The number of aryl methyl sites for hydroxylation is 1. The smallest absolute Gasteiger partial charge is 0.174 e. The minimum Gasteiger partial charge on any atom is -0.378 e. The third kappa shape index (κ3) is 1.92. The van der Waals surface area contributed by atoms with Gasteiger partial charge in [-0.05, 0) is 25.7 Å². The first-order valence-corrected chi connectivity index (χ1v) is 6.78. The molecule has 1 aromatic heterocycles. The molecule has 0 amide bonds. The van der Waals surface area contributed by atoms with Crippen LogP contribution in [0.15, 0.2) is 0 Å². The van der Waals surface area contributed by atoms with Crippen molar-refractivity contribution >= 4 is 17.1 Å². The molecule has 0 radical (unpaired) electrons. The van der Waals surface area contributed by atoms with E-state index in [9.17, 15) is 4.79 Å². The van der Waals surface area contributed by atoms with Gasteiger partial charge in [0, 0.05) is 19.4 Å². The SMILES string of the molecule is O=C1CCCc2nc(CC3CCCO3)sc21. The van der Waals surface area contributed by atoms with Gasteiger partial charge in [0.2, 0.25) is 0 Å². The maximum Gasteiger partial charge on any atom is 0.174 e. The predicted octanol–water partition coefficient (Wildman–Crippen LogP) is 2.38. The van der Waals surface area contributed by atoms with E-state index in [-0.39, 0.29) is 5.78 Å². The number of carbonyl (C=O) groups is 1. The third-order valence-electron chi connectivity index (χ3n) is 3.24. The fourth-order valence-electron chi connectivity index (χ4n) is 2.41. The highest BCUT2D eigenvalue weighted by Crippen LogP contribution is 2.28. The molecule has 0 spiro atoms. The number of rotatable bonds is 2. The molecule has 0 N–H and O–H groups in total. The molecular weight excluding hydrogens is 222 g/mol. The number of hydrogen-bond acceptors (Lipinski definition) is 4. The Hall–Kier alpha value is -0.740. The summed E-state index contributed by atoms with van der Waals surface area (Å²) in [5.74, 6) is 0.289. The van der Waals surface area contributed by atoms with Crippen molar-refractivity contribution in [2.45, 2.75) is 44.6 Å². The van der Waals surface area contributed by atoms with Crippen LogP contribution in [0.5, 0.6) is 0 Å². The quantitative estimate of drug-likeness (QED) is 0.792. The van der Waals surface area contributed by atoms with E-state index in [1.807, 2.05) is 0 Å². The van der Waals surface area contributed by atoms with Crippen LogP contribution in [0, 0.1) is 0 Å². The lowest BCUT2D eigenvalue weighted by Crippen LogP contribution is -2.09. The molecule has 3 rings (SSSR count). The summed E-state index contributed by atoms with van der Waals surface area (Å²) in [6, 6.07) is 0. The second-order valence-electron chi connectivity index (χ2n) is 4.50. The van der Waals surface area contributed by atoms with Crippen molar-refractivity contribution in [3.8, 4) is 0 Å². The fraction of sp³-hybridized carbons (Fsp3) is 0.667. The molecule has 1 saturated heterocycles. The van der Waals surface area contributed by atoms with Crippen LogP contribution >= 0.6 is 11.3 Å². The average molecular weight is 237 g/mol. The second-order valence-corrected chi connectivity index (χ2v) is 5.58. The molecule has 1 aliphatic heterocycles. The van der Waals surface area contributed by atoms with Crippen LogP contribution in [-0.2, 0) is 17.6 Å². The molecule has 1 aliphatic carbocycles. The zero-order chi connectivity index (χ0) is 11.0. The summed E-state index contributed by atoms with van der Waals surface area (Å²) < 4.78 is 5.60. The highest BCUT2D eigenvalue weighted by atomic mass is 32.1. The molecule has 3 nitrogen and oxygen atoms in total. The summed E-state index contributed by atoms with van der Waals surface area (Å²) in [6.07, 6.45) is 6.17. The minimum atomic E-state index is 0.289. The van der Waals surface area contributed by atoms with Gasteiger partial charge in [-0.25, -0.2) is 4.98 Å². The summed E-state index contributed by atoms with van der Waals surface area (Å²) >= 11 is 1.59. The first-order chi connectivity index (χ1) is 7.83. The first-order valence-electron chi connectivity index (χ1n) is 5.96. The van der Waals surface area contributed by atoms with Crippen molar-refractivity contribution in [1.82, 2.24) is 4.98 Å². The molecule has 1 fully saturated rings. The number of fused-ring (bicyclic) bond motifs is 1. The van der Waals surface area contributed by atoms with Crippen molar-refractivity contribution in [1.29, 1.82) is 0 Å². The highest BCUT2D eigenvalue weighted by molar-refractivity contribution is 7.13. The van der Waals surface area contributed by atoms with Gasteiger partial charge in [0.1, 0.15) is 0 Å². The standard InChI is InChI=1S/C12H15NO2S/c14-10-5-1-4-9-12(10)16-11(13-9)7-8-3-2-6-15-8/h8H,1-7H2. The average Bonchev–Trinajstić information content (AvgIpc) is 2.88. The molecule has 0 bridgehead atoms. The topological polar surface area (TPSA) is 39.2 Å². The zero-order valence-corrected chi connectivity index (χ0v) is 10.0. The van der Waals surface area contributed by atoms with Crippen LogP contribution < -0.4 is 0 Å². The van der Waals surface area contributed by atoms with E-state index in [1.165, 1.54) is 0 Å². The lowest BCUT2D eigenvalue weighted by Gasteiger charge is -2.06. The minimum absolute atomic E-state index is 0.289. The van der Waals surface area contributed by atoms with Gasteiger partial charge in [0.25, 0.3) is 0 Å². The monoisotopic (exact) mass is 237 g/mol. The number of thiazole rings is 1. The largest absolute Gasteiger partial charge is 0.378 e. The Balaban J connectivity index is 1.78. The van der Waals surface area contributed by atoms with Crippen LogP contribution in [0.4, 0.5) is 0 Å². The Morgan fingerprint density at radius 2 is 2.31 bits per heavy atom. The number of Topliss-reactive ketones (excluding diaryl/α,β-unsaturated/α-hetero) is 1. The van der Waals surface area contributed by atoms with E-state index in [2.05, 4.69) is 4.98 Å².